The molecule has 190 valence electrons. The zero-order valence-corrected chi connectivity index (χ0v) is 20.7. The molecule has 0 bridgehead atoms. The fourth-order valence-corrected chi connectivity index (χ4v) is 4.43. The lowest BCUT2D eigenvalue weighted by molar-refractivity contribution is -0.175. The second-order valence-electron chi connectivity index (χ2n) is 9.05. The Morgan fingerprint density at radius 2 is 1.53 bits per heavy atom. The summed E-state index contributed by atoms with van der Waals surface area (Å²) in [5, 5.41) is 22.6. The second-order valence-corrected chi connectivity index (χ2v) is 9.05. The zero-order chi connectivity index (χ0) is 26.6. The number of hydrogen-bond donors (Lipinski definition) is 2. The van der Waals surface area contributed by atoms with Crippen LogP contribution >= 0.6 is 0 Å². The monoisotopic (exact) mass is 493 g/mol. The van der Waals surface area contributed by atoms with Gasteiger partial charge in [0.15, 0.2) is 6.10 Å². The Kier molecular flexibility index (Phi) is 8.26. The molecule has 3 rings (SSSR count). The van der Waals surface area contributed by atoms with Gasteiger partial charge in [0.1, 0.15) is 6.04 Å². The van der Waals surface area contributed by atoms with Gasteiger partial charge in [0.25, 0.3) is 5.91 Å². The molecule has 2 aromatic rings. The maximum Gasteiger partial charge on any atom is 0.334 e. The van der Waals surface area contributed by atoms with Crippen LogP contribution in [0.15, 0.2) is 66.9 Å². The van der Waals surface area contributed by atoms with E-state index in [-0.39, 0.29) is 23.9 Å². The van der Waals surface area contributed by atoms with Crippen molar-refractivity contribution in [1.82, 2.24) is 14.9 Å². The molecule has 1 heterocycles. The standard InChI is InChI=1S/C27H31N3O6/c1-17(2)24-26(34)30(23(16-28(24)18(3)31)21-13-9-6-10-14-21)29(19(4)32)22(25(33)27(35)36)15-20-11-7-5-8-12-20/h5-14,16-17,22,24-25,33H,15H2,1-4H3,(H,35,36)/t22-,24+,25?/m0/s1. The Morgan fingerprint density at radius 3 is 2.00 bits per heavy atom. The Balaban J connectivity index is 2.25. The van der Waals surface area contributed by atoms with E-state index in [9.17, 15) is 29.4 Å². The summed E-state index contributed by atoms with van der Waals surface area (Å²) in [6.45, 7) is 6.13. The molecule has 3 atom stereocenters. The number of carboxylic acid groups (broad SMARTS) is 1. The van der Waals surface area contributed by atoms with E-state index < -0.39 is 36.0 Å². The highest BCUT2D eigenvalue weighted by Crippen LogP contribution is 2.33. The lowest BCUT2D eigenvalue weighted by atomic mass is 9.96. The molecule has 0 fully saturated rings. The number of hydrogen-bond acceptors (Lipinski definition) is 5. The molecule has 1 aliphatic heterocycles. The number of carbonyl (C=O) groups excluding carboxylic acids is 3. The predicted molar refractivity (Wildman–Crippen MR) is 133 cm³/mol. The summed E-state index contributed by atoms with van der Waals surface area (Å²) in [7, 11) is 0. The van der Waals surface area contributed by atoms with Crippen LogP contribution < -0.4 is 0 Å². The minimum Gasteiger partial charge on any atom is -0.479 e. The summed E-state index contributed by atoms with van der Waals surface area (Å²) in [6, 6.07) is 15.3. The molecular weight excluding hydrogens is 462 g/mol. The summed E-state index contributed by atoms with van der Waals surface area (Å²) in [5.41, 5.74) is 1.43. The first-order chi connectivity index (χ1) is 17.0. The molecule has 0 aliphatic carbocycles. The third-order valence-corrected chi connectivity index (χ3v) is 6.07. The number of rotatable bonds is 8. The lowest BCUT2D eigenvalue weighted by Crippen LogP contribution is -2.64. The van der Waals surface area contributed by atoms with Gasteiger partial charge in [0.2, 0.25) is 11.8 Å². The molecule has 0 saturated carbocycles. The summed E-state index contributed by atoms with van der Waals surface area (Å²) in [6.07, 6.45) is -0.503. The number of nitrogens with zero attached hydrogens (tertiary/aromatic N) is 3. The SMILES string of the molecule is CC(=O)N1C=C(c2ccccc2)N(N(C(C)=O)[C@@H](Cc2ccccc2)C(O)C(=O)O)C(=O)[C@H]1C(C)C. The molecule has 36 heavy (non-hydrogen) atoms. The van der Waals surface area contributed by atoms with Crippen LogP contribution in [0.25, 0.3) is 5.70 Å². The van der Waals surface area contributed by atoms with E-state index in [1.54, 1.807) is 74.5 Å². The first kappa shape index (κ1) is 26.6. The van der Waals surface area contributed by atoms with E-state index in [0.29, 0.717) is 11.1 Å². The molecule has 3 amide bonds. The third kappa shape index (κ3) is 5.46. The number of hydrazine groups is 1. The molecule has 0 aromatic heterocycles. The molecule has 2 N–H and O–H groups in total. The highest BCUT2D eigenvalue weighted by Gasteiger charge is 2.46. The largest absolute Gasteiger partial charge is 0.479 e. The molecule has 9 nitrogen and oxygen atoms in total. The number of aliphatic hydroxyl groups excluding tert-OH is 1. The average Bonchev–Trinajstić information content (AvgIpc) is 2.84. The fraction of sp³-hybridized carbons (Fsp3) is 0.333. The van der Waals surface area contributed by atoms with Crippen molar-refractivity contribution in [3.05, 3.63) is 78.0 Å². The highest BCUT2D eigenvalue weighted by molar-refractivity contribution is 5.98. The van der Waals surface area contributed by atoms with Gasteiger partial charge in [-0.15, -0.1) is 0 Å². The van der Waals surface area contributed by atoms with Crippen LogP contribution in [-0.2, 0) is 25.6 Å². The normalized spacial score (nSPS) is 17.4. The van der Waals surface area contributed by atoms with E-state index in [1.165, 1.54) is 24.9 Å². The summed E-state index contributed by atoms with van der Waals surface area (Å²) < 4.78 is 0. The van der Waals surface area contributed by atoms with Crippen LogP contribution in [0.5, 0.6) is 0 Å². The Bertz CT molecular complexity index is 1150. The molecule has 2 aromatic carbocycles. The predicted octanol–water partition coefficient (Wildman–Crippen LogP) is 2.52. The van der Waals surface area contributed by atoms with Crippen molar-refractivity contribution in [2.75, 3.05) is 0 Å². The topological polar surface area (TPSA) is 118 Å². The van der Waals surface area contributed by atoms with Gasteiger partial charge in [-0.05, 0) is 17.9 Å². The molecule has 1 unspecified atom stereocenters. The number of benzene rings is 2. The van der Waals surface area contributed by atoms with Crippen molar-refractivity contribution in [3.8, 4) is 0 Å². The highest BCUT2D eigenvalue weighted by atomic mass is 16.4. The quantitative estimate of drug-likeness (QED) is 0.583. The third-order valence-electron chi connectivity index (χ3n) is 6.07. The van der Waals surface area contributed by atoms with Crippen molar-refractivity contribution >= 4 is 29.4 Å². The van der Waals surface area contributed by atoms with E-state index >= 15 is 0 Å². The van der Waals surface area contributed by atoms with Gasteiger partial charge < -0.3 is 15.1 Å². The number of amides is 3. The molecule has 0 radical (unpaired) electrons. The van der Waals surface area contributed by atoms with Gasteiger partial charge in [0, 0.05) is 25.6 Å². The van der Waals surface area contributed by atoms with Gasteiger partial charge in [0.05, 0.1) is 11.7 Å². The number of aliphatic hydroxyl groups is 1. The van der Waals surface area contributed by atoms with Gasteiger partial charge in [-0.25, -0.2) is 14.8 Å². The first-order valence-corrected chi connectivity index (χ1v) is 11.7. The number of aliphatic carboxylic acids is 1. The summed E-state index contributed by atoms with van der Waals surface area (Å²) in [4.78, 5) is 53.0. The smallest absolute Gasteiger partial charge is 0.334 e. The first-order valence-electron chi connectivity index (χ1n) is 11.7. The molecule has 9 heteroatoms. The van der Waals surface area contributed by atoms with Crippen molar-refractivity contribution in [3.63, 3.8) is 0 Å². The Morgan fingerprint density at radius 1 is 0.972 bits per heavy atom. The van der Waals surface area contributed by atoms with Gasteiger partial charge in [-0.3, -0.25) is 14.4 Å². The lowest BCUT2D eigenvalue weighted by Gasteiger charge is -2.47. The van der Waals surface area contributed by atoms with E-state index in [1.807, 2.05) is 0 Å². The maximum absolute atomic E-state index is 14.0. The minimum atomic E-state index is -1.98. The molecular formula is C27H31N3O6. The van der Waals surface area contributed by atoms with Crippen LogP contribution in [0.3, 0.4) is 0 Å². The fourth-order valence-electron chi connectivity index (χ4n) is 4.43. The summed E-state index contributed by atoms with van der Waals surface area (Å²) >= 11 is 0. The van der Waals surface area contributed by atoms with Gasteiger partial charge in [-0.2, -0.15) is 0 Å². The maximum atomic E-state index is 14.0. The van der Waals surface area contributed by atoms with E-state index in [4.69, 9.17) is 0 Å². The van der Waals surface area contributed by atoms with Crippen LogP contribution in [0.1, 0.15) is 38.8 Å². The Labute approximate surface area is 210 Å². The van der Waals surface area contributed by atoms with Crippen molar-refractivity contribution < 1.29 is 29.4 Å². The van der Waals surface area contributed by atoms with Crippen molar-refractivity contribution in [2.24, 2.45) is 5.92 Å². The molecule has 0 saturated heterocycles. The average molecular weight is 494 g/mol. The van der Waals surface area contributed by atoms with Crippen LogP contribution in [-0.4, -0.2) is 67.0 Å². The van der Waals surface area contributed by atoms with E-state index in [2.05, 4.69) is 0 Å². The number of carboxylic acids is 1. The minimum absolute atomic E-state index is 0.0253. The second kappa shape index (κ2) is 11.2. The zero-order valence-electron chi connectivity index (χ0n) is 20.7. The van der Waals surface area contributed by atoms with Gasteiger partial charge in [-0.1, -0.05) is 74.5 Å². The number of carbonyl (C=O) groups is 4. The van der Waals surface area contributed by atoms with E-state index in [0.717, 1.165) is 10.0 Å². The van der Waals surface area contributed by atoms with Crippen LogP contribution in [0.4, 0.5) is 0 Å². The van der Waals surface area contributed by atoms with Crippen molar-refractivity contribution in [1.29, 1.82) is 0 Å². The van der Waals surface area contributed by atoms with Gasteiger partial charge >= 0.3 is 5.97 Å². The summed E-state index contributed by atoms with van der Waals surface area (Å²) in [5.74, 6) is -3.40. The van der Waals surface area contributed by atoms with Crippen LogP contribution in [0, 0.1) is 5.92 Å². The van der Waals surface area contributed by atoms with Crippen molar-refractivity contribution in [2.45, 2.75) is 52.3 Å². The molecule has 0 spiro atoms. The molecule has 1 aliphatic rings. The Hall–Kier alpha value is -3.98. The van der Waals surface area contributed by atoms with Crippen LogP contribution in [0.2, 0.25) is 0 Å².